The SMILES string of the molecule is CCCCNC(=O)C1(c2ccc3c(c2)OCO3)CC1. The van der Waals surface area contributed by atoms with E-state index in [1.165, 1.54) is 0 Å². The highest BCUT2D eigenvalue weighted by atomic mass is 16.7. The smallest absolute Gasteiger partial charge is 0.231 e. The van der Waals surface area contributed by atoms with Crippen LogP contribution < -0.4 is 14.8 Å². The van der Waals surface area contributed by atoms with Gasteiger partial charge in [0.15, 0.2) is 11.5 Å². The lowest BCUT2D eigenvalue weighted by atomic mass is 9.94. The number of carbonyl (C=O) groups excluding carboxylic acids is 1. The number of rotatable bonds is 5. The fraction of sp³-hybridized carbons (Fsp3) is 0.533. The number of hydrogen-bond donors (Lipinski definition) is 1. The Morgan fingerprint density at radius 3 is 2.84 bits per heavy atom. The molecule has 1 saturated carbocycles. The maximum atomic E-state index is 12.3. The predicted octanol–water partition coefficient (Wildman–Crippen LogP) is 2.36. The lowest BCUT2D eigenvalue weighted by Crippen LogP contribution is -2.35. The van der Waals surface area contributed by atoms with Crippen molar-refractivity contribution < 1.29 is 14.3 Å². The van der Waals surface area contributed by atoms with E-state index in [0.29, 0.717) is 0 Å². The quantitative estimate of drug-likeness (QED) is 0.828. The van der Waals surface area contributed by atoms with Gasteiger partial charge in [-0.15, -0.1) is 0 Å². The van der Waals surface area contributed by atoms with Crippen molar-refractivity contribution in [2.75, 3.05) is 13.3 Å². The first-order chi connectivity index (χ1) is 9.26. The zero-order valence-corrected chi connectivity index (χ0v) is 11.2. The third kappa shape index (κ3) is 2.15. The predicted molar refractivity (Wildman–Crippen MR) is 71.4 cm³/mol. The molecule has 0 atom stereocenters. The first-order valence-corrected chi connectivity index (χ1v) is 6.95. The van der Waals surface area contributed by atoms with Crippen molar-refractivity contribution in [1.29, 1.82) is 0 Å². The Morgan fingerprint density at radius 1 is 1.32 bits per heavy atom. The molecule has 0 aromatic heterocycles. The average Bonchev–Trinajstić information content (AvgIpc) is 3.11. The largest absolute Gasteiger partial charge is 0.454 e. The first kappa shape index (κ1) is 12.3. The molecule has 0 unspecified atom stereocenters. The topological polar surface area (TPSA) is 47.6 Å². The fourth-order valence-electron chi connectivity index (χ4n) is 2.51. The lowest BCUT2D eigenvalue weighted by Gasteiger charge is -2.16. The van der Waals surface area contributed by atoms with Crippen LogP contribution in [0.5, 0.6) is 11.5 Å². The minimum absolute atomic E-state index is 0.153. The summed E-state index contributed by atoms with van der Waals surface area (Å²) in [7, 11) is 0. The summed E-state index contributed by atoms with van der Waals surface area (Å²) < 4.78 is 10.7. The monoisotopic (exact) mass is 261 g/mol. The zero-order valence-electron chi connectivity index (χ0n) is 11.2. The van der Waals surface area contributed by atoms with Crippen molar-refractivity contribution in [2.24, 2.45) is 0 Å². The summed E-state index contributed by atoms with van der Waals surface area (Å²) in [4.78, 5) is 12.3. The van der Waals surface area contributed by atoms with E-state index in [2.05, 4.69) is 12.2 Å². The van der Waals surface area contributed by atoms with Gasteiger partial charge in [0.2, 0.25) is 12.7 Å². The number of nitrogens with one attached hydrogen (secondary N) is 1. The highest BCUT2D eigenvalue weighted by Gasteiger charge is 2.51. The van der Waals surface area contributed by atoms with Crippen LogP contribution in [0.2, 0.25) is 0 Å². The number of carbonyl (C=O) groups is 1. The normalized spacial score (nSPS) is 18.2. The Kier molecular flexibility index (Phi) is 3.09. The van der Waals surface area contributed by atoms with Crippen LogP contribution in [0.4, 0.5) is 0 Å². The summed E-state index contributed by atoms with van der Waals surface area (Å²) >= 11 is 0. The second-order valence-electron chi connectivity index (χ2n) is 5.26. The Bertz CT molecular complexity index is 494. The van der Waals surface area contributed by atoms with Crippen molar-refractivity contribution in [3.8, 4) is 11.5 Å². The number of hydrogen-bond acceptors (Lipinski definition) is 3. The molecule has 0 bridgehead atoms. The minimum atomic E-state index is -0.325. The maximum Gasteiger partial charge on any atom is 0.231 e. The van der Waals surface area contributed by atoms with Gasteiger partial charge in [0, 0.05) is 6.54 Å². The lowest BCUT2D eigenvalue weighted by molar-refractivity contribution is -0.123. The van der Waals surface area contributed by atoms with Crippen molar-refractivity contribution >= 4 is 5.91 Å². The molecule has 1 amide bonds. The van der Waals surface area contributed by atoms with Gasteiger partial charge in [0.05, 0.1) is 5.41 Å². The van der Waals surface area contributed by atoms with E-state index in [-0.39, 0.29) is 18.1 Å². The van der Waals surface area contributed by atoms with Crippen molar-refractivity contribution in [2.45, 2.75) is 38.0 Å². The molecule has 2 aliphatic rings. The minimum Gasteiger partial charge on any atom is -0.454 e. The van der Waals surface area contributed by atoms with Crippen LogP contribution in [-0.4, -0.2) is 19.2 Å². The highest BCUT2D eigenvalue weighted by molar-refractivity contribution is 5.91. The van der Waals surface area contributed by atoms with E-state index in [9.17, 15) is 4.79 Å². The molecular formula is C15H19NO3. The second-order valence-corrected chi connectivity index (χ2v) is 5.26. The fourth-order valence-corrected chi connectivity index (χ4v) is 2.51. The molecule has 102 valence electrons. The standard InChI is InChI=1S/C15H19NO3/c1-2-3-8-16-14(17)15(6-7-15)11-4-5-12-13(9-11)19-10-18-12/h4-5,9H,2-3,6-8,10H2,1H3,(H,16,17). The van der Waals surface area contributed by atoms with Gasteiger partial charge in [-0.25, -0.2) is 0 Å². The molecule has 1 heterocycles. The molecule has 0 spiro atoms. The van der Waals surface area contributed by atoms with Gasteiger partial charge in [-0.3, -0.25) is 4.79 Å². The zero-order chi connectivity index (χ0) is 13.3. The molecule has 1 N–H and O–H groups in total. The van der Waals surface area contributed by atoms with E-state index in [1.807, 2.05) is 18.2 Å². The number of unbranched alkanes of at least 4 members (excludes halogenated alkanes) is 1. The van der Waals surface area contributed by atoms with E-state index < -0.39 is 0 Å². The molecule has 3 rings (SSSR count). The average molecular weight is 261 g/mol. The van der Waals surface area contributed by atoms with Crippen molar-refractivity contribution in [3.63, 3.8) is 0 Å². The number of ether oxygens (including phenoxy) is 2. The molecule has 0 radical (unpaired) electrons. The third-order valence-electron chi connectivity index (χ3n) is 3.93. The maximum absolute atomic E-state index is 12.3. The molecule has 4 heteroatoms. The van der Waals surface area contributed by atoms with Crippen LogP contribution in [-0.2, 0) is 10.2 Å². The Labute approximate surface area is 113 Å². The third-order valence-corrected chi connectivity index (χ3v) is 3.93. The summed E-state index contributed by atoms with van der Waals surface area (Å²) in [5, 5.41) is 3.04. The van der Waals surface area contributed by atoms with E-state index in [1.54, 1.807) is 0 Å². The number of amides is 1. The van der Waals surface area contributed by atoms with Gasteiger partial charge in [-0.05, 0) is 37.0 Å². The van der Waals surface area contributed by atoms with E-state index in [4.69, 9.17) is 9.47 Å². The molecule has 19 heavy (non-hydrogen) atoms. The summed E-state index contributed by atoms with van der Waals surface area (Å²) in [6.07, 6.45) is 3.97. The summed E-state index contributed by atoms with van der Waals surface area (Å²) in [6.45, 7) is 3.16. The molecular weight excluding hydrogens is 242 g/mol. The van der Waals surface area contributed by atoms with E-state index >= 15 is 0 Å². The van der Waals surface area contributed by atoms with Crippen LogP contribution in [0.3, 0.4) is 0 Å². The first-order valence-electron chi connectivity index (χ1n) is 6.95. The van der Waals surface area contributed by atoms with Gasteiger partial charge in [0.25, 0.3) is 0 Å². The Morgan fingerprint density at radius 2 is 2.11 bits per heavy atom. The van der Waals surface area contributed by atoms with Gasteiger partial charge in [-0.1, -0.05) is 19.4 Å². The van der Waals surface area contributed by atoms with Crippen LogP contribution in [0.15, 0.2) is 18.2 Å². The second kappa shape index (κ2) is 4.76. The Hall–Kier alpha value is -1.71. The van der Waals surface area contributed by atoms with Gasteiger partial charge in [0.1, 0.15) is 0 Å². The summed E-state index contributed by atoms with van der Waals surface area (Å²) in [5.74, 6) is 1.68. The molecule has 1 aromatic carbocycles. The molecule has 1 aliphatic carbocycles. The van der Waals surface area contributed by atoms with Crippen LogP contribution in [0.25, 0.3) is 0 Å². The number of benzene rings is 1. The Balaban J connectivity index is 1.75. The van der Waals surface area contributed by atoms with Crippen LogP contribution in [0, 0.1) is 0 Å². The molecule has 4 nitrogen and oxygen atoms in total. The van der Waals surface area contributed by atoms with E-state index in [0.717, 1.165) is 49.3 Å². The van der Waals surface area contributed by atoms with Crippen LogP contribution in [0.1, 0.15) is 38.2 Å². The van der Waals surface area contributed by atoms with Gasteiger partial charge >= 0.3 is 0 Å². The van der Waals surface area contributed by atoms with Crippen molar-refractivity contribution in [1.82, 2.24) is 5.32 Å². The molecule has 1 fully saturated rings. The summed E-state index contributed by atoms with van der Waals surface area (Å²) in [6, 6.07) is 5.84. The highest BCUT2D eigenvalue weighted by Crippen LogP contribution is 2.50. The van der Waals surface area contributed by atoms with Gasteiger partial charge in [-0.2, -0.15) is 0 Å². The molecule has 0 saturated heterocycles. The van der Waals surface area contributed by atoms with Crippen LogP contribution >= 0.6 is 0 Å². The summed E-state index contributed by atoms with van der Waals surface area (Å²) in [5.41, 5.74) is 0.722. The molecule has 1 aliphatic heterocycles. The molecule has 1 aromatic rings. The van der Waals surface area contributed by atoms with Gasteiger partial charge < -0.3 is 14.8 Å². The van der Waals surface area contributed by atoms with Crippen molar-refractivity contribution in [3.05, 3.63) is 23.8 Å². The number of fused-ring (bicyclic) bond motifs is 1.